The van der Waals surface area contributed by atoms with Crippen LogP contribution >= 0.6 is 22.7 Å². The number of fused-ring (bicyclic) bond motifs is 1. The van der Waals surface area contributed by atoms with Crippen LogP contribution in [0.2, 0.25) is 0 Å². The number of aromatic nitrogens is 1. The minimum Gasteiger partial charge on any atom is -0.478 e. The zero-order chi connectivity index (χ0) is 25.5. The van der Waals surface area contributed by atoms with E-state index in [4.69, 9.17) is 5.73 Å². The number of rotatable bonds is 5. The highest BCUT2D eigenvalue weighted by molar-refractivity contribution is 7.87. The van der Waals surface area contributed by atoms with Gasteiger partial charge in [-0.15, -0.1) is 22.7 Å². The van der Waals surface area contributed by atoms with Gasteiger partial charge in [-0.2, -0.15) is 0 Å². The number of thiophene rings is 2. The third-order valence-corrected chi connectivity index (χ3v) is 7.65. The number of carboxylic acid groups (broad SMARTS) is 1. The molecular formula is C25H20N2O4S3. The molecule has 0 saturated carbocycles. The van der Waals surface area contributed by atoms with Gasteiger partial charge in [0.25, 0.3) is 0 Å². The Bertz CT molecular complexity index is 1410. The topological polar surface area (TPSA) is 110 Å². The van der Waals surface area contributed by atoms with E-state index in [0.29, 0.717) is 25.9 Å². The highest BCUT2D eigenvalue weighted by Crippen LogP contribution is 2.39. The van der Waals surface area contributed by atoms with Crippen molar-refractivity contribution in [2.45, 2.75) is 17.6 Å². The average molecular weight is 509 g/mol. The first kappa shape index (κ1) is 28.1. The summed E-state index contributed by atoms with van der Waals surface area (Å²) >= 11 is 2.71. The van der Waals surface area contributed by atoms with Crippen molar-refractivity contribution in [3.8, 4) is 10.6 Å². The van der Waals surface area contributed by atoms with E-state index < -0.39 is 16.8 Å². The molecule has 0 fully saturated rings. The number of carboxylic acids is 1. The van der Waals surface area contributed by atoms with Crippen LogP contribution in [-0.2, 0) is 15.6 Å². The van der Waals surface area contributed by atoms with Gasteiger partial charge in [0.2, 0.25) is 0 Å². The SMILES string of the molecule is C=C=C=C=C.C=C=C=C=C=O.CCCS(=O)c1sc2nc(-c3cccs3)cc(C(=O)O)c2c1N. The third-order valence-electron chi connectivity index (χ3n) is 3.64. The maximum Gasteiger partial charge on any atom is 0.336 e. The van der Waals surface area contributed by atoms with E-state index in [9.17, 15) is 18.9 Å². The highest BCUT2D eigenvalue weighted by Gasteiger charge is 2.22. The molecule has 0 spiro atoms. The molecule has 34 heavy (non-hydrogen) atoms. The van der Waals surface area contributed by atoms with Crippen LogP contribution in [0.3, 0.4) is 0 Å². The minimum atomic E-state index is -1.23. The predicted octanol–water partition coefficient (Wildman–Crippen LogP) is 5.56. The molecule has 0 saturated heterocycles. The van der Waals surface area contributed by atoms with Gasteiger partial charge in [0.15, 0.2) is 5.94 Å². The first-order valence-corrected chi connectivity index (χ1v) is 12.4. The molecule has 1 unspecified atom stereocenters. The predicted molar refractivity (Wildman–Crippen MR) is 140 cm³/mol. The molecule has 9 heteroatoms. The molecule has 0 radical (unpaired) electrons. The molecule has 0 aromatic carbocycles. The molecule has 3 N–H and O–H groups in total. The Morgan fingerprint density at radius 2 is 1.88 bits per heavy atom. The van der Waals surface area contributed by atoms with Crippen LogP contribution in [0.4, 0.5) is 5.69 Å². The Labute approximate surface area is 207 Å². The molecule has 1 atom stereocenters. The van der Waals surface area contributed by atoms with E-state index in [2.05, 4.69) is 53.4 Å². The standard InChI is InChI=1S/C15H14N2O3S3.C5H2O.C5H4/c1-2-6-23(20)15-12(16)11-8(14(18)19)7-9(17-13(11)22-15)10-4-3-5-21-10;1-2-3-4-5-6;1-3-5-4-2/h3-5,7H,2,6,16H2,1H3,(H,18,19);1H2;1-2H2. The van der Waals surface area contributed by atoms with Crippen LogP contribution in [0.15, 0.2) is 81.9 Å². The summed E-state index contributed by atoms with van der Waals surface area (Å²) in [5.41, 5.74) is 20.5. The van der Waals surface area contributed by atoms with Crippen LogP contribution in [-0.4, -0.2) is 32.0 Å². The molecule has 0 aliphatic rings. The summed E-state index contributed by atoms with van der Waals surface area (Å²) in [6.07, 6.45) is 0.764. The van der Waals surface area contributed by atoms with Crippen molar-refractivity contribution in [3.63, 3.8) is 0 Å². The van der Waals surface area contributed by atoms with Crippen LogP contribution in [0, 0.1) is 0 Å². The van der Waals surface area contributed by atoms with E-state index in [0.717, 1.165) is 11.3 Å². The van der Waals surface area contributed by atoms with Gasteiger partial charge in [-0.1, -0.05) is 30.2 Å². The molecule has 3 aromatic rings. The summed E-state index contributed by atoms with van der Waals surface area (Å²) in [5.74, 6) is 0.790. The van der Waals surface area contributed by atoms with Gasteiger partial charge >= 0.3 is 5.97 Å². The number of aromatic carboxylic acids is 1. The number of anilines is 1. The molecule has 3 aromatic heterocycles. The molecule has 0 amide bonds. The maximum atomic E-state index is 12.3. The number of nitrogens with zero attached hydrogens (tertiary/aromatic N) is 1. The monoisotopic (exact) mass is 508 g/mol. The van der Waals surface area contributed by atoms with Crippen molar-refractivity contribution in [1.82, 2.24) is 4.98 Å². The molecular weight excluding hydrogens is 488 g/mol. The second kappa shape index (κ2) is 15.0. The number of carbonyl (C=O) groups excluding carboxylic acids is 1. The molecule has 3 heterocycles. The zero-order valence-corrected chi connectivity index (χ0v) is 20.7. The molecule has 0 bridgehead atoms. The molecule has 0 aliphatic carbocycles. The first-order valence-electron chi connectivity index (χ1n) is 9.43. The van der Waals surface area contributed by atoms with Crippen molar-refractivity contribution in [1.29, 1.82) is 0 Å². The Hall–Kier alpha value is -3.90. The number of hydrogen-bond donors (Lipinski definition) is 2. The Morgan fingerprint density at radius 3 is 2.32 bits per heavy atom. The number of nitrogen functional groups attached to an aromatic ring is 1. The fourth-order valence-corrected chi connectivity index (χ4v) is 5.70. The highest BCUT2D eigenvalue weighted by atomic mass is 32.2. The van der Waals surface area contributed by atoms with E-state index in [1.807, 2.05) is 30.2 Å². The van der Waals surface area contributed by atoms with Gasteiger partial charge in [0.05, 0.1) is 38.0 Å². The van der Waals surface area contributed by atoms with Crippen LogP contribution < -0.4 is 5.73 Å². The van der Waals surface area contributed by atoms with Crippen molar-refractivity contribution in [2.24, 2.45) is 0 Å². The third kappa shape index (κ3) is 7.90. The summed E-state index contributed by atoms with van der Waals surface area (Å²) in [4.78, 5) is 26.8. The number of pyridine rings is 1. The average Bonchev–Trinajstić information content (AvgIpc) is 3.47. The lowest BCUT2D eigenvalue weighted by atomic mass is 10.1. The second-order valence-corrected chi connectivity index (χ2v) is 9.59. The van der Waals surface area contributed by atoms with E-state index in [1.165, 1.54) is 34.7 Å². The quantitative estimate of drug-likeness (QED) is 0.345. The van der Waals surface area contributed by atoms with Crippen molar-refractivity contribution >= 4 is 61.3 Å². The van der Waals surface area contributed by atoms with Crippen molar-refractivity contribution < 1.29 is 18.9 Å². The van der Waals surface area contributed by atoms with E-state index in [-0.39, 0.29) is 11.3 Å². The number of nitrogens with two attached hydrogens (primary N) is 1. The van der Waals surface area contributed by atoms with Crippen LogP contribution in [0.5, 0.6) is 0 Å². The van der Waals surface area contributed by atoms with E-state index >= 15 is 0 Å². The van der Waals surface area contributed by atoms with Crippen molar-refractivity contribution in [2.75, 3.05) is 11.5 Å². The van der Waals surface area contributed by atoms with Crippen LogP contribution in [0.25, 0.3) is 20.8 Å². The van der Waals surface area contributed by atoms with Gasteiger partial charge in [-0.25, -0.2) is 14.6 Å². The fourth-order valence-electron chi connectivity index (χ4n) is 2.40. The Kier molecular flexibility index (Phi) is 12.4. The summed E-state index contributed by atoms with van der Waals surface area (Å²) in [6, 6.07) is 5.31. The maximum absolute atomic E-state index is 12.3. The second-order valence-electron chi connectivity index (χ2n) is 5.88. The molecule has 3 rings (SSSR count). The zero-order valence-electron chi connectivity index (χ0n) is 18.3. The lowest BCUT2D eigenvalue weighted by Gasteiger charge is -2.03. The van der Waals surface area contributed by atoms with Gasteiger partial charge < -0.3 is 10.8 Å². The largest absolute Gasteiger partial charge is 0.478 e. The van der Waals surface area contributed by atoms with Crippen molar-refractivity contribution in [3.05, 3.63) is 83.3 Å². The molecule has 0 aliphatic heterocycles. The first-order chi connectivity index (χ1) is 16.4. The molecule has 172 valence electrons. The minimum absolute atomic E-state index is 0.104. The van der Waals surface area contributed by atoms with Gasteiger partial charge in [-0.05, 0) is 55.1 Å². The van der Waals surface area contributed by atoms with Gasteiger partial charge in [0.1, 0.15) is 9.04 Å². The normalized spacial score (nSPS) is 9.56. The Balaban J connectivity index is 0.000000440. The smallest absolute Gasteiger partial charge is 0.336 e. The Morgan fingerprint density at radius 1 is 1.21 bits per heavy atom. The number of hydrogen-bond acceptors (Lipinski definition) is 7. The van der Waals surface area contributed by atoms with Crippen LogP contribution in [0.1, 0.15) is 23.7 Å². The summed E-state index contributed by atoms with van der Waals surface area (Å²) in [5, 5.41) is 11.8. The summed E-state index contributed by atoms with van der Waals surface area (Å²) in [7, 11) is -1.23. The lowest BCUT2D eigenvalue weighted by molar-refractivity contribution is 0.0699. The molecule has 6 nitrogen and oxygen atoms in total. The van der Waals surface area contributed by atoms with Gasteiger partial charge in [0, 0.05) is 11.5 Å². The van der Waals surface area contributed by atoms with E-state index in [1.54, 1.807) is 0 Å². The summed E-state index contributed by atoms with van der Waals surface area (Å²) < 4.78 is 12.8. The fraction of sp³-hybridized carbons (Fsp3) is 0.120. The van der Waals surface area contributed by atoms with Gasteiger partial charge in [-0.3, -0.25) is 4.21 Å². The number of carbonyl (C=O) groups is 1. The lowest BCUT2D eigenvalue weighted by Crippen LogP contribution is -2.02. The summed E-state index contributed by atoms with van der Waals surface area (Å²) in [6.45, 7) is 11.5.